The predicted octanol–water partition coefficient (Wildman–Crippen LogP) is 4.52. The van der Waals surface area contributed by atoms with Gasteiger partial charge in [-0.25, -0.2) is 12.4 Å². The van der Waals surface area contributed by atoms with Crippen molar-refractivity contribution in [3.8, 4) is 0 Å². The number of nitro groups is 1. The molecule has 1 heterocycles. The maximum atomic E-state index is 13.4. The van der Waals surface area contributed by atoms with Gasteiger partial charge in [0.05, 0.1) is 22.4 Å². The highest BCUT2D eigenvalue weighted by atomic mass is 32.2. The third-order valence-corrected chi connectivity index (χ3v) is 7.12. The predicted molar refractivity (Wildman–Crippen MR) is 116 cm³/mol. The molecule has 0 saturated heterocycles. The van der Waals surface area contributed by atoms with Crippen molar-refractivity contribution in [1.29, 1.82) is 0 Å². The Morgan fingerprint density at radius 1 is 1.16 bits per heavy atom. The van der Waals surface area contributed by atoms with E-state index in [1.807, 2.05) is 30.3 Å². The molecule has 0 saturated carbocycles. The van der Waals surface area contributed by atoms with Gasteiger partial charge in [-0.05, 0) is 24.6 Å². The first-order valence-corrected chi connectivity index (χ1v) is 12.2. The molecule has 0 bridgehead atoms. The summed E-state index contributed by atoms with van der Waals surface area (Å²) in [6.45, 7) is 1.35. The van der Waals surface area contributed by atoms with Crippen molar-refractivity contribution >= 4 is 38.4 Å². The number of aromatic nitrogens is 1. The summed E-state index contributed by atoms with van der Waals surface area (Å²) in [5, 5.41) is 22.2. The molecule has 2 aromatic carbocycles. The summed E-state index contributed by atoms with van der Waals surface area (Å²) in [4.78, 5) is 10.0. The van der Waals surface area contributed by atoms with Gasteiger partial charge in [-0.1, -0.05) is 30.3 Å². The van der Waals surface area contributed by atoms with Gasteiger partial charge in [0.15, 0.2) is 0 Å². The number of hydrogen-bond acceptors (Lipinski definition) is 6. The monoisotopic (exact) mass is 488 g/mol. The lowest BCUT2D eigenvalue weighted by Crippen LogP contribution is -2.30. The van der Waals surface area contributed by atoms with Gasteiger partial charge in [-0.15, -0.1) is 0 Å². The number of nitrogens with zero attached hydrogens (tertiary/aromatic N) is 2. The minimum absolute atomic E-state index is 0.0297. The molecule has 0 fully saturated rings. The summed E-state index contributed by atoms with van der Waals surface area (Å²) in [6, 6.07) is 11.6. The van der Waals surface area contributed by atoms with Crippen LogP contribution in [-0.4, -0.2) is 34.4 Å². The Kier molecular flexibility index (Phi) is 6.33. The van der Waals surface area contributed by atoms with E-state index in [1.54, 1.807) is 0 Å². The van der Waals surface area contributed by atoms with Crippen LogP contribution in [0.1, 0.15) is 23.7 Å². The first kappa shape index (κ1) is 24.1. The van der Waals surface area contributed by atoms with Crippen LogP contribution in [0.25, 0.3) is 10.9 Å². The maximum Gasteiger partial charge on any atom is 0.423 e. The van der Waals surface area contributed by atoms with Gasteiger partial charge in [-0.2, -0.15) is 24.9 Å². The minimum Gasteiger partial charge on any atom is -0.383 e. The lowest BCUT2D eigenvalue weighted by atomic mass is 10.1. The number of fused-ring (bicyclic) bond motifs is 1. The van der Waals surface area contributed by atoms with Crippen LogP contribution in [0.5, 0.6) is 0 Å². The first-order chi connectivity index (χ1) is 14.7. The fourth-order valence-corrected chi connectivity index (χ4v) is 5.54. The van der Waals surface area contributed by atoms with Crippen molar-refractivity contribution in [2.24, 2.45) is 0 Å². The smallest absolute Gasteiger partial charge is 0.383 e. The topological polar surface area (TPSA) is 102 Å². The van der Waals surface area contributed by atoms with Gasteiger partial charge in [0, 0.05) is 23.0 Å². The van der Waals surface area contributed by atoms with Crippen LogP contribution in [0.2, 0.25) is 0 Å². The summed E-state index contributed by atoms with van der Waals surface area (Å²) < 4.78 is 65.8. The molecule has 0 amide bonds. The Morgan fingerprint density at radius 2 is 1.78 bits per heavy atom. The Hall–Kier alpha value is -2.57. The van der Waals surface area contributed by atoms with E-state index in [0.29, 0.717) is 21.9 Å². The third kappa shape index (κ3) is 4.92. The molecule has 0 aliphatic heterocycles. The number of halogens is 3. The average molecular weight is 489 g/mol. The second kappa shape index (κ2) is 8.41. The van der Waals surface area contributed by atoms with Gasteiger partial charge in [0.2, 0.25) is 10.0 Å². The van der Waals surface area contributed by atoms with Crippen molar-refractivity contribution in [2.75, 3.05) is 12.0 Å². The van der Waals surface area contributed by atoms with Crippen LogP contribution in [0.4, 0.5) is 18.9 Å². The summed E-state index contributed by atoms with van der Waals surface area (Å²) in [5.41, 5.74) is -4.11. The normalized spacial score (nSPS) is 14.4. The van der Waals surface area contributed by atoms with Crippen LogP contribution in [-0.2, 0) is 27.6 Å². The molecule has 1 atom stereocenters. The molecule has 172 valence electrons. The highest BCUT2D eigenvalue weighted by Crippen LogP contribution is 2.41. The lowest BCUT2D eigenvalue weighted by Gasteiger charge is -2.24. The third-order valence-electron chi connectivity index (χ3n) is 4.76. The molecule has 0 aliphatic rings. The number of thioether (sulfide) groups is 1. The molecule has 12 heteroatoms. The van der Waals surface area contributed by atoms with Crippen molar-refractivity contribution < 1.29 is 31.6 Å². The number of benzene rings is 2. The van der Waals surface area contributed by atoms with Gasteiger partial charge < -0.3 is 5.11 Å². The summed E-state index contributed by atoms with van der Waals surface area (Å²) in [5.74, 6) is 0.543. The second-order valence-corrected chi connectivity index (χ2v) is 10.3. The number of alkyl halides is 3. The van der Waals surface area contributed by atoms with Crippen LogP contribution >= 0.6 is 11.8 Å². The summed E-state index contributed by atoms with van der Waals surface area (Å²) in [6.07, 6.45) is -4.28. The van der Waals surface area contributed by atoms with Gasteiger partial charge in [0.25, 0.3) is 5.69 Å². The zero-order valence-corrected chi connectivity index (χ0v) is 18.6. The molecule has 0 radical (unpaired) electrons. The molecule has 32 heavy (non-hydrogen) atoms. The number of rotatable bonds is 7. The average Bonchev–Trinajstić information content (AvgIpc) is 3.07. The molecule has 7 nitrogen and oxygen atoms in total. The van der Waals surface area contributed by atoms with E-state index >= 15 is 0 Å². The van der Waals surface area contributed by atoms with Crippen LogP contribution in [0.3, 0.4) is 0 Å². The van der Waals surface area contributed by atoms with E-state index < -0.39 is 43.5 Å². The summed E-state index contributed by atoms with van der Waals surface area (Å²) >= 11 is 1.31. The van der Waals surface area contributed by atoms with Gasteiger partial charge >= 0.3 is 6.18 Å². The van der Waals surface area contributed by atoms with Crippen molar-refractivity contribution in [2.45, 2.75) is 24.5 Å². The molecule has 0 spiro atoms. The first-order valence-electron chi connectivity index (χ1n) is 9.18. The zero-order valence-electron chi connectivity index (χ0n) is 17.0. The minimum atomic E-state index is -5.07. The molecule has 1 aromatic heterocycles. The Morgan fingerprint density at radius 3 is 2.31 bits per heavy atom. The quantitative estimate of drug-likeness (QED) is 0.388. The highest BCUT2D eigenvalue weighted by molar-refractivity contribution is 7.98. The van der Waals surface area contributed by atoms with Crippen molar-refractivity contribution in [3.63, 3.8) is 0 Å². The fourth-order valence-electron chi connectivity index (χ4n) is 3.35. The van der Waals surface area contributed by atoms with Gasteiger partial charge in [-0.3, -0.25) is 10.1 Å². The van der Waals surface area contributed by atoms with E-state index in [1.165, 1.54) is 24.8 Å². The fraction of sp³-hybridized carbons (Fsp3) is 0.300. The van der Waals surface area contributed by atoms with E-state index in [-0.39, 0.29) is 16.8 Å². The summed E-state index contributed by atoms with van der Waals surface area (Å²) in [7, 11) is -4.16. The molecular weight excluding hydrogens is 469 g/mol. The largest absolute Gasteiger partial charge is 0.423 e. The highest BCUT2D eigenvalue weighted by Gasteiger charge is 2.40. The van der Waals surface area contributed by atoms with E-state index in [0.717, 1.165) is 11.8 Å². The van der Waals surface area contributed by atoms with E-state index in [4.69, 9.17) is 0 Å². The molecule has 3 rings (SSSR count). The number of aliphatic hydroxyl groups is 1. The molecule has 1 unspecified atom stereocenters. The van der Waals surface area contributed by atoms with E-state index in [9.17, 15) is 36.8 Å². The molecular formula is C20H19F3N2O5S2. The SMILES string of the molecule is CC(O)(CSCc1ccccc1)c1cc2cc([N+](=O)[O-])c(C(F)(F)F)cc2n1S(C)(=O)=O. The molecule has 0 aliphatic carbocycles. The molecule has 3 aromatic rings. The Bertz CT molecular complexity index is 1270. The standard InChI is InChI=1S/C20H19F3N2O5S2/c1-19(26,12-31-11-13-6-4-3-5-7-13)18-9-14-8-17(25(27)28)15(20(21,22)23)10-16(14)24(18)32(2,29)30/h3-10,26H,11-12H2,1-2H3. The van der Waals surface area contributed by atoms with E-state index in [2.05, 4.69) is 0 Å². The van der Waals surface area contributed by atoms with Crippen molar-refractivity contribution in [3.05, 3.63) is 75.5 Å². The van der Waals surface area contributed by atoms with Crippen LogP contribution in [0.15, 0.2) is 48.5 Å². The number of hydrogen-bond donors (Lipinski definition) is 1. The maximum absolute atomic E-state index is 13.4. The van der Waals surface area contributed by atoms with Crippen LogP contribution in [0, 0.1) is 10.1 Å². The zero-order chi connectivity index (χ0) is 23.9. The number of nitro benzene ring substituents is 1. The Labute approximate surface area is 186 Å². The van der Waals surface area contributed by atoms with Gasteiger partial charge in [0.1, 0.15) is 11.2 Å². The van der Waals surface area contributed by atoms with Crippen LogP contribution < -0.4 is 0 Å². The molecule has 1 N–H and O–H groups in total. The lowest BCUT2D eigenvalue weighted by molar-refractivity contribution is -0.387. The second-order valence-electron chi connectivity index (χ2n) is 7.49. The van der Waals surface area contributed by atoms with Crippen molar-refractivity contribution in [1.82, 2.24) is 3.97 Å². The Balaban J connectivity index is 2.12.